The first kappa shape index (κ1) is 13.1. The maximum Gasteiger partial charge on any atom is 0.319 e. The van der Waals surface area contributed by atoms with Crippen LogP contribution in [0.25, 0.3) is 0 Å². The van der Waals surface area contributed by atoms with Crippen molar-refractivity contribution in [1.29, 1.82) is 0 Å². The summed E-state index contributed by atoms with van der Waals surface area (Å²) in [6, 6.07) is 0. The van der Waals surface area contributed by atoms with E-state index in [1.165, 1.54) is 6.92 Å². The van der Waals surface area contributed by atoms with E-state index >= 15 is 0 Å². The Morgan fingerprint density at radius 2 is 1.93 bits per heavy atom. The molecule has 2 unspecified atom stereocenters. The van der Waals surface area contributed by atoms with Crippen molar-refractivity contribution >= 4 is 11.8 Å². The van der Waals surface area contributed by atoms with Gasteiger partial charge in [-0.1, -0.05) is 13.3 Å². The molecule has 4 nitrogen and oxygen atoms in total. The van der Waals surface area contributed by atoms with Crippen molar-refractivity contribution in [2.75, 3.05) is 6.61 Å². The standard InChI is InChI=1S/C10H18O4/c1-4-6-8(12)9(7(3)11)10(13)14-5-2/h8-9,12H,4-6H2,1-3H3. The number of hydrogen-bond donors (Lipinski definition) is 1. The molecule has 82 valence electrons. The second-order valence-electron chi connectivity index (χ2n) is 3.20. The molecular weight excluding hydrogens is 184 g/mol. The fraction of sp³-hybridized carbons (Fsp3) is 0.800. The Hall–Kier alpha value is -0.900. The van der Waals surface area contributed by atoms with Gasteiger partial charge in [0.05, 0.1) is 12.7 Å². The molecule has 0 bridgehead atoms. The van der Waals surface area contributed by atoms with Crippen molar-refractivity contribution in [3.05, 3.63) is 0 Å². The largest absolute Gasteiger partial charge is 0.465 e. The van der Waals surface area contributed by atoms with Crippen molar-refractivity contribution in [1.82, 2.24) is 0 Å². The number of ether oxygens (including phenoxy) is 1. The van der Waals surface area contributed by atoms with Crippen LogP contribution in [-0.2, 0) is 14.3 Å². The molecule has 14 heavy (non-hydrogen) atoms. The SMILES string of the molecule is CCCC(O)C(C(C)=O)C(=O)OCC. The zero-order chi connectivity index (χ0) is 11.1. The molecule has 0 aromatic rings. The highest BCUT2D eigenvalue weighted by molar-refractivity contribution is 5.98. The minimum absolute atomic E-state index is 0.224. The summed E-state index contributed by atoms with van der Waals surface area (Å²) in [6.45, 7) is 5.06. The van der Waals surface area contributed by atoms with Crippen LogP contribution in [0.1, 0.15) is 33.6 Å². The van der Waals surface area contributed by atoms with E-state index in [-0.39, 0.29) is 12.4 Å². The molecule has 0 amide bonds. The number of aliphatic hydroxyl groups is 1. The molecule has 1 N–H and O–H groups in total. The molecule has 0 saturated heterocycles. The summed E-state index contributed by atoms with van der Waals surface area (Å²) in [7, 11) is 0. The van der Waals surface area contributed by atoms with Crippen molar-refractivity contribution < 1.29 is 19.4 Å². The maximum atomic E-state index is 11.3. The molecule has 0 aliphatic carbocycles. The highest BCUT2D eigenvalue weighted by atomic mass is 16.5. The first-order chi connectivity index (χ1) is 6.54. The van der Waals surface area contributed by atoms with Gasteiger partial charge in [-0.25, -0.2) is 0 Å². The normalized spacial score (nSPS) is 14.6. The molecule has 0 radical (unpaired) electrons. The van der Waals surface area contributed by atoms with E-state index < -0.39 is 18.0 Å². The summed E-state index contributed by atoms with van der Waals surface area (Å²) >= 11 is 0. The average molecular weight is 202 g/mol. The van der Waals surface area contributed by atoms with Gasteiger partial charge in [0.1, 0.15) is 11.7 Å². The lowest BCUT2D eigenvalue weighted by Crippen LogP contribution is -2.35. The summed E-state index contributed by atoms with van der Waals surface area (Å²) < 4.78 is 4.71. The van der Waals surface area contributed by atoms with Crippen LogP contribution in [0.15, 0.2) is 0 Å². The highest BCUT2D eigenvalue weighted by Crippen LogP contribution is 2.13. The number of hydrogen-bond acceptors (Lipinski definition) is 4. The fourth-order valence-electron chi connectivity index (χ4n) is 1.29. The summed E-state index contributed by atoms with van der Waals surface area (Å²) in [5.41, 5.74) is 0. The van der Waals surface area contributed by atoms with E-state index in [0.717, 1.165) is 6.42 Å². The third-order valence-electron chi connectivity index (χ3n) is 1.95. The Bertz CT molecular complexity index is 200. The zero-order valence-electron chi connectivity index (χ0n) is 8.95. The predicted octanol–water partition coefficient (Wildman–Crippen LogP) is 0.916. The molecule has 0 heterocycles. The van der Waals surface area contributed by atoms with Crippen molar-refractivity contribution in [2.24, 2.45) is 5.92 Å². The first-order valence-electron chi connectivity index (χ1n) is 4.89. The van der Waals surface area contributed by atoms with Crippen molar-refractivity contribution in [3.63, 3.8) is 0 Å². The van der Waals surface area contributed by atoms with Gasteiger partial charge < -0.3 is 9.84 Å². The van der Waals surface area contributed by atoms with Crippen LogP contribution in [-0.4, -0.2) is 29.6 Å². The number of carbonyl (C=O) groups is 2. The van der Waals surface area contributed by atoms with Crippen LogP contribution < -0.4 is 0 Å². The van der Waals surface area contributed by atoms with E-state index in [1.54, 1.807) is 6.92 Å². The Kier molecular flexibility index (Phi) is 6.12. The predicted molar refractivity (Wildman–Crippen MR) is 51.7 cm³/mol. The molecular formula is C10H18O4. The minimum atomic E-state index is -1.02. The number of aliphatic hydroxyl groups excluding tert-OH is 1. The first-order valence-corrected chi connectivity index (χ1v) is 4.89. The quantitative estimate of drug-likeness (QED) is 0.513. The van der Waals surface area contributed by atoms with Crippen LogP contribution >= 0.6 is 0 Å². The zero-order valence-corrected chi connectivity index (χ0v) is 8.95. The van der Waals surface area contributed by atoms with Crippen molar-refractivity contribution in [2.45, 2.75) is 39.7 Å². The number of esters is 1. The smallest absolute Gasteiger partial charge is 0.319 e. The highest BCUT2D eigenvalue weighted by Gasteiger charge is 2.31. The number of carbonyl (C=O) groups excluding carboxylic acids is 2. The number of rotatable bonds is 6. The van der Waals surface area contributed by atoms with Gasteiger partial charge >= 0.3 is 5.97 Å². The van der Waals surface area contributed by atoms with Gasteiger partial charge in [0.15, 0.2) is 0 Å². The lowest BCUT2D eigenvalue weighted by atomic mass is 9.95. The molecule has 0 aromatic heterocycles. The van der Waals surface area contributed by atoms with Crippen LogP contribution in [0.5, 0.6) is 0 Å². The Balaban J connectivity index is 4.42. The molecule has 0 spiro atoms. The van der Waals surface area contributed by atoms with Gasteiger partial charge in [0, 0.05) is 0 Å². The molecule has 0 saturated carbocycles. The summed E-state index contributed by atoms with van der Waals surface area (Å²) in [5, 5.41) is 9.55. The third-order valence-corrected chi connectivity index (χ3v) is 1.95. The lowest BCUT2D eigenvalue weighted by molar-refractivity contribution is -0.155. The van der Waals surface area contributed by atoms with E-state index in [0.29, 0.717) is 6.42 Å². The summed E-state index contributed by atoms with van der Waals surface area (Å²) in [5.74, 6) is -1.99. The molecule has 2 atom stereocenters. The fourth-order valence-corrected chi connectivity index (χ4v) is 1.29. The van der Waals surface area contributed by atoms with E-state index in [2.05, 4.69) is 0 Å². The molecule has 0 aromatic carbocycles. The van der Waals surface area contributed by atoms with Gasteiger partial charge in [-0.3, -0.25) is 9.59 Å². The molecule has 0 rings (SSSR count). The van der Waals surface area contributed by atoms with Crippen LogP contribution in [0.3, 0.4) is 0 Å². The van der Waals surface area contributed by atoms with E-state index in [1.807, 2.05) is 6.92 Å². The maximum absolute atomic E-state index is 11.3. The topological polar surface area (TPSA) is 63.6 Å². The van der Waals surface area contributed by atoms with Gasteiger partial charge in [-0.05, 0) is 20.3 Å². The van der Waals surface area contributed by atoms with Gasteiger partial charge in [0.2, 0.25) is 0 Å². The third kappa shape index (κ3) is 3.87. The second-order valence-corrected chi connectivity index (χ2v) is 3.20. The van der Waals surface area contributed by atoms with Crippen molar-refractivity contribution in [3.8, 4) is 0 Å². The monoisotopic (exact) mass is 202 g/mol. The van der Waals surface area contributed by atoms with E-state index in [9.17, 15) is 14.7 Å². The molecule has 4 heteroatoms. The second kappa shape index (κ2) is 6.54. The van der Waals surface area contributed by atoms with Gasteiger partial charge in [-0.15, -0.1) is 0 Å². The Morgan fingerprint density at radius 3 is 2.29 bits per heavy atom. The molecule has 0 fully saturated rings. The van der Waals surface area contributed by atoms with Gasteiger partial charge in [0.25, 0.3) is 0 Å². The Morgan fingerprint density at radius 1 is 1.36 bits per heavy atom. The lowest BCUT2D eigenvalue weighted by Gasteiger charge is -2.17. The summed E-state index contributed by atoms with van der Waals surface area (Å²) in [4.78, 5) is 22.4. The average Bonchev–Trinajstić information content (AvgIpc) is 2.04. The number of ketones is 1. The van der Waals surface area contributed by atoms with Crippen LogP contribution in [0, 0.1) is 5.92 Å². The number of Topliss-reactive ketones (excluding diaryl/α,β-unsaturated/α-hetero) is 1. The minimum Gasteiger partial charge on any atom is -0.465 e. The van der Waals surface area contributed by atoms with Crippen LogP contribution in [0.2, 0.25) is 0 Å². The van der Waals surface area contributed by atoms with Gasteiger partial charge in [-0.2, -0.15) is 0 Å². The van der Waals surface area contributed by atoms with Crippen LogP contribution in [0.4, 0.5) is 0 Å². The summed E-state index contributed by atoms with van der Waals surface area (Å²) in [6.07, 6.45) is 0.240. The van der Waals surface area contributed by atoms with E-state index in [4.69, 9.17) is 4.74 Å². The molecule has 0 aliphatic heterocycles. The molecule has 0 aliphatic rings. The Labute approximate surface area is 84.3 Å².